The van der Waals surface area contributed by atoms with Crippen molar-refractivity contribution in [2.45, 2.75) is 71.4 Å². The molecule has 2 aromatic heterocycles. The minimum Gasteiger partial charge on any atom is -0.222 e. The van der Waals surface area contributed by atoms with Crippen LogP contribution in [0.15, 0.2) is 121 Å². The van der Waals surface area contributed by atoms with Crippen LogP contribution in [0.5, 0.6) is 0 Å². The molecule has 4 aromatic carbocycles. The van der Waals surface area contributed by atoms with Gasteiger partial charge >= 0.3 is 0 Å². The summed E-state index contributed by atoms with van der Waals surface area (Å²) >= 11 is 0. The Bertz CT molecular complexity index is 1990. The summed E-state index contributed by atoms with van der Waals surface area (Å²) < 4.78 is 7.74. The van der Waals surface area contributed by atoms with E-state index in [0.717, 1.165) is 25.8 Å². The Labute approximate surface area is 262 Å². The van der Waals surface area contributed by atoms with Crippen molar-refractivity contribution in [1.29, 1.82) is 0 Å². The summed E-state index contributed by atoms with van der Waals surface area (Å²) in [6, 6.07) is 42.3. The monoisotopic (exact) mass is 577 g/mol. The maximum atomic E-state index is 2.67. The highest BCUT2D eigenvalue weighted by Gasteiger charge is 2.59. The van der Waals surface area contributed by atoms with E-state index in [1.165, 1.54) is 56.1 Å². The molecule has 1 aliphatic rings. The molecule has 3 heteroatoms. The number of rotatable bonds is 7. The SMILES string of the molecule is CCC1(C)c2ccccc2-c2c(C)ccc[n+]2C1(CC)CC[n+]1c(-c2ccccc2C)n(-c2ccccc2)c2ccccc21. The van der Waals surface area contributed by atoms with Crippen molar-refractivity contribution in [3.05, 3.63) is 138 Å². The number of pyridine rings is 1. The highest BCUT2D eigenvalue weighted by atomic mass is 15.2. The standard InChI is InChI=1S/C41H43N3/c1-6-40(5)35-24-14-13-23-34(35)38-31(4)19-17-28-43(38)41(40,7-2)27-29-42-36-25-15-16-26-37(36)44(32-20-9-8-10-21-32)39(42)33-22-12-11-18-30(33)3/h8-26,28H,6-7,27,29H2,1-5H3/q+2. The fraction of sp³-hybridized carbons (Fsp3) is 0.268. The quantitative estimate of drug-likeness (QED) is 0.168. The van der Waals surface area contributed by atoms with Crippen LogP contribution in [-0.2, 0) is 17.5 Å². The van der Waals surface area contributed by atoms with Crippen LogP contribution < -0.4 is 9.13 Å². The van der Waals surface area contributed by atoms with Gasteiger partial charge in [-0.15, -0.1) is 0 Å². The maximum Gasteiger partial charge on any atom is 0.295 e. The second-order valence-corrected chi connectivity index (χ2v) is 12.7. The van der Waals surface area contributed by atoms with Crippen LogP contribution in [-0.4, -0.2) is 4.57 Å². The Morgan fingerprint density at radius 2 is 1.32 bits per heavy atom. The van der Waals surface area contributed by atoms with Gasteiger partial charge in [0.1, 0.15) is 5.69 Å². The molecular formula is C41H43N3+2. The topological polar surface area (TPSA) is 12.7 Å². The number of hydrogen-bond acceptors (Lipinski definition) is 0. The van der Waals surface area contributed by atoms with Gasteiger partial charge in [0.25, 0.3) is 5.82 Å². The molecule has 6 aromatic rings. The van der Waals surface area contributed by atoms with Crippen molar-refractivity contribution in [1.82, 2.24) is 4.57 Å². The van der Waals surface area contributed by atoms with Crippen molar-refractivity contribution in [3.63, 3.8) is 0 Å². The van der Waals surface area contributed by atoms with Crippen molar-refractivity contribution >= 4 is 11.0 Å². The zero-order chi connectivity index (χ0) is 30.5. The third kappa shape index (κ3) is 4.02. The van der Waals surface area contributed by atoms with E-state index in [9.17, 15) is 0 Å². The van der Waals surface area contributed by atoms with Gasteiger partial charge in [-0.2, -0.15) is 9.13 Å². The predicted molar refractivity (Wildman–Crippen MR) is 181 cm³/mol. The van der Waals surface area contributed by atoms with E-state index in [4.69, 9.17) is 0 Å². The number of hydrogen-bond donors (Lipinski definition) is 0. The first-order valence-corrected chi connectivity index (χ1v) is 16.2. The maximum absolute atomic E-state index is 2.67. The molecule has 0 saturated carbocycles. The van der Waals surface area contributed by atoms with Gasteiger partial charge in [0.15, 0.2) is 22.8 Å². The highest BCUT2D eigenvalue weighted by molar-refractivity contribution is 5.79. The van der Waals surface area contributed by atoms with Crippen molar-refractivity contribution in [3.8, 4) is 28.3 Å². The molecule has 0 N–H and O–H groups in total. The molecule has 7 rings (SSSR count). The molecule has 0 radical (unpaired) electrons. The summed E-state index contributed by atoms with van der Waals surface area (Å²) in [4.78, 5) is 0. The lowest BCUT2D eigenvalue weighted by atomic mass is 9.58. The second kappa shape index (κ2) is 10.9. The smallest absolute Gasteiger partial charge is 0.222 e. The lowest BCUT2D eigenvalue weighted by molar-refractivity contribution is -0.780. The predicted octanol–water partition coefficient (Wildman–Crippen LogP) is 9.03. The third-order valence-electron chi connectivity index (χ3n) is 10.8. The van der Waals surface area contributed by atoms with Crippen LogP contribution in [0.25, 0.3) is 39.4 Å². The van der Waals surface area contributed by atoms with Crippen LogP contribution in [0.3, 0.4) is 0 Å². The third-order valence-corrected chi connectivity index (χ3v) is 10.8. The molecule has 0 spiro atoms. The summed E-state index contributed by atoms with van der Waals surface area (Å²) in [5, 5.41) is 0. The minimum atomic E-state index is -0.108. The fourth-order valence-electron chi connectivity index (χ4n) is 8.34. The lowest BCUT2D eigenvalue weighted by Crippen LogP contribution is -2.70. The first-order chi connectivity index (χ1) is 21.4. The summed E-state index contributed by atoms with van der Waals surface area (Å²) in [5.74, 6) is 1.24. The van der Waals surface area contributed by atoms with E-state index < -0.39 is 0 Å². The van der Waals surface area contributed by atoms with Gasteiger partial charge in [0.05, 0.1) is 29.5 Å². The van der Waals surface area contributed by atoms with Gasteiger partial charge in [0, 0.05) is 18.1 Å². The number of aromatic nitrogens is 3. The molecule has 2 atom stereocenters. The second-order valence-electron chi connectivity index (χ2n) is 12.7. The number of imidazole rings is 1. The Balaban J connectivity index is 1.48. The van der Waals surface area contributed by atoms with Crippen molar-refractivity contribution in [2.75, 3.05) is 0 Å². The van der Waals surface area contributed by atoms with Crippen LogP contribution in [0, 0.1) is 13.8 Å². The van der Waals surface area contributed by atoms with Gasteiger partial charge in [-0.25, -0.2) is 4.57 Å². The molecular weight excluding hydrogens is 534 g/mol. The summed E-state index contributed by atoms with van der Waals surface area (Å²) in [5.41, 5.74) is 11.7. The van der Waals surface area contributed by atoms with Crippen LogP contribution in [0.2, 0.25) is 0 Å². The number of aryl methyl sites for hydroxylation is 3. The average molecular weight is 578 g/mol. The number of benzene rings is 4. The lowest BCUT2D eigenvalue weighted by Gasteiger charge is -2.48. The number of para-hydroxylation sites is 3. The molecule has 1 aliphatic heterocycles. The molecule has 220 valence electrons. The summed E-state index contributed by atoms with van der Waals surface area (Å²) in [7, 11) is 0. The normalized spacial score (nSPS) is 19.1. The van der Waals surface area contributed by atoms with Crippen molar-refractivity contribution < 1.29 is 9.13 Å². The first-order valence-electron chi connectivity index (χ1n) is 16.2. The fourth-order valence-corrected chi connectivity index (χ4v) is 8.34. The van der Waals surface area contributed by atoms with E-state index in [-0.39, 0.29) is 11.0 Å². The zero-order valence-corrected chi connectivity index (χ0v) is 26.7. The molecule has 0 amide bonds. The van der Waals surface area contributed by atoms with Crippen molar-refractivity contribution in [2.24, 2.45) is 0 Å². The van der Waals surface area contributed by atoms with E-state index in [2.05, 4.69) is 170 Å². The van der Waals surface area contributed by atoms with E-state index in [1.807, 2.05) is 0 Å². The molecule has 44 heavy (non-hydrogen) atoms. The van der Waals surface area contributed by atoms with Gasteiger partial charge in [-0.05, 0) is 80.8 Å². The largest absolute Gasteiger partial charge is 0.295 e. The zero-order valence-electron chi connectivity index (χ0n) is 26.7. The number of fused-ring (bicyclic) bond motifs is 4. The Hall–Kier alpha value is -4.50. The van der Waals surface area contributed by atoms with E-state index in [1.54, 1.807) is 0 Å². The Kier molecular flexibility index (Phi) is 7.00. The number of nitrogens with zero attached hydrogens (tertiary/aromatic N) is 3. The van der Waals surface area contributed by atoms with E-state index >= 15 is 0 Å². The average Bonchev–Trinajstić information content (AvgIpc) is 3.39. The Morgan fingerprint density at radius 3 is 2.07 bits per heavy atom. The molecule has 0 saturated heterocycles. The minimum absolute atomic E-state index is 0.0367. The van der Waals surface area contributed by atoms with Gasteiger partial charge in [0.2, 0.25) is 5.69 Å². The highest BCUT2D eigenvalue weighted by Crippen LogP contribution is 2.51. The van der Waals surface area contributed by atoms with Crippen LogP contribution in [0.1, 0.15) is 56.7 Å². The van der Waals surface area contributed by atoms with Gasteiger partial charge in [-0.1, -0.05) is 80.6 Å². The molecule has 0 fully saturated rings. The molecule has 3 heterocycles. The van der Waals surface area contributed by atoms with Gasteiger partial charge < -0.3 is 0 Å². The van der Waals surface area contributed by atoms with Crippen LogP contribution in [0.4, 0.5) is 0 Å². The molecule has 0 bridgehead atoms. The molecule has 2 unspecified atom stereocenters. The Morgan fingerprint density at radius 1 is 0.659 bits per heavy atom. The molecule has 0 aliphatic carbocycles. The summed E-state index contributed by atoms with van der Waals surface area (Å²) in [6.07, 6.45) is 5.48. The first kappa shape index (κ1) is 28.3. The molecule has 3 nitrogen and oxygen atoms in total. The van der Waals surface area contributed by atoms with Crippen LogP contribution >= 0.6 is 0 Å². The van der Waals surface area contributed by atoms with Gasteiger partial charge in [-0.3, -0.25) is 0 Å². The summed E-state index contributed by atoms with van der Waals surface area (Å²) in [6.45, 7) is 12.7. The van der Waals surface area contributed by atoms with E-state index in [0.29, 0.717) is 0 Å².